The van der Waals surface area contributed by atoms with Crippen LogP contribution in [0.15, 0.2) is 18.2 Å². The highest BCUT2D eigenvalue weighted by molar-refractivity contribution is 5.19. The third-order valence-corrected chi connectivity index (χ3v) is 2.64. The summed E-state index contributed by atoms with van der Waals surface area (Å²) in [6, 6.07) is 4.03. The topological polar surface area (TPSA) is 12.0 Å². The Morgan fingerprint density at radius 2 is 1.76 bits per heavy atom. The number of unbranched alkanes of at least 4 members (excludes halogenated alkanes) is 1. The molecule has 0 atom stereocenters. The second kappa shape index (κ2) is 7.38. The molecule has 0 aliphatic heterocycles. The van der Waals surface area contributed by atoms with Gasteiger partial charge in [0.15, 0.2) is 0 Å². The Morgan fingerprint density at radius 1 is 1.12 bits per heavy atom. The van der Waals surface area contributed by atoms with Crippen molar-refractivity contribution in [3.63, 3.8) is 0 Å². The summed E-state index contributed by atoms with van der Waals surface area (Å²) in [7, 11) is 0. The first-order valence-electron chi connectivity index (χ1n) is 6.25. The van der Waals surface area contributed by atoms with Gasteiger partial charge < -0.3 is 5.32 Å². The lowest BCUT2D eigenvalue weighted by atomic mass is 10.1. The minimum absolute atomic E-state index is 0.219. The van der Waals surface area contributed by atoms with E-state index in [0.717, 1.165) is 25.9 Å². The SMILES string of the molecule is CC(C)CNCCCCc1c(F)cccc1F. The summed E-state index contributed by atoms with van der Waals surface area (Å²) in [6.45, 7) is 6.21. The fraction of sp³-hybridized carbons (Fsp3) is 0.571. The number of halogens is 2. The van der Waals surface area contributed by atoms with Gasteiger partial charge in [-0.2, -0.15) is 0 Å². The van der Waals surface area contributed by atoms with Crippen molar-refractivity contribution in [3.8, 4) is 0 Å². The third kappa shape index (κ3) is 5.26. The normalized spacial score (nSPS) is 11.1. The van der Waals surface area contributed by atoms with Gasteiger partial charge in [0, 0.05) is 5.56 Å². The summed E-state index contributed by atoms with van der Waals surface area (Å²) in [4.78, 5) is 0. The van der Waals surface area contributed by atoms with E-state index < -0.39 is 11.6 Å². The molecule has 0 aliphatic rings. The van der Waals surface area contributed by atoms with E-state index in [9.17, 15) is 8.78 Å². The van der Waals surface area contributed by atoms with E-state index in [4.69, 9.17) is 0 Å². The molecule has 1 rings (SSSR count). The number of nitrogens with one attached hydrogen (secondary N) is 1. The molecule has 3 heteroatoms. The van der Waals surface area contributed by atoms with Gasteiger partial charge in [-0.1, -0.05) is 19.9 Å². The second-order valence-corrected chi connectivity index (χ2v) is 4.76. The number of hydrogen-bond acceptors (Lipinski definition) is 1. The van der Waals surface area contributed by atoms with Gasteiger partial charge in [-0.3, -0.25) is 0 Å². The molecule has 1 aromatic carbocycles. The number of hydrogen-bond donors (Lipinski definition) is 1. The second-order valence-electron chi connectivity index (χ2n) is 4.76. The monoisotopic (exact) mass is 241 g/mol. The van der Waals surface area contributed by atoms with Gasteiger partial charge in [-0.15, -0.1) is 0 Å². The Hall–Kier alpha value is -0.960. The van der Waals surface area contributed by atoms with Crippen LogP contribution in [0.5, 0.6) is 0 Å². The zero-order valence-corrected chi connectivity index (χ0v) is 10.6. The molecular formula is C14H21F2N. The molecule has 0 aromatic heterocycles. The van der Waals surface area contributed by atoms with Crippen molar-refractivity contribution >= 4 is 0 Å². The van der Waals surface area contributed by atoms with Crippen molar-refractivity contribution in [2.75, 3.05) is 13.1 Å². The highest BCUT2D eigenvalue weighted by Crippen LogP contribution is 2.14. The molecule has 1 N–H and O–H groups in total. The molecule has 0 fully saturated rings. The molecule has 0 unspecified atom stereocenters. The standard InChI is InChI=1S/C14H21F2N/c1-11(2)10-17-9-4-3-6-12-13(15)7-5-8-14(12)16/h5,7-8,11,17H,3-4,6,9-10H2,1-2H3. The molecule has 0 aliphatic carbocycles. The molecule has 0 saturated carbocycles. The van der Waals surface area contributed by atoms with Gasteiger partial charge in [0.25, 0.3) is 0 Å². The molecule has 17 heavy (non-hydrogen) atoms. The first-order chi connectivity index (χ1) is 8.11. The maximum absolute atomic E-state index is 13.3. The van der Waals surface area contributed by atoms with Crippen LogP contribution in [0.3, 0.4) is 0 Å². The molecular weight excluding hydrogens is 220 g/mol. The summed E-state index contributed by atoms with van der Waals surface area (Å²) in [5.74, 6) is -0.223. The Morgan fingerprint density at radius 3 is 2.35 bits per heavy atom. The summed E-state index contributed by atoms with van der Waals surface area (Å²) >= 11 is 0. The maximum Gasteiger partial charge on any atom is 0.129 e. The average molecular weight is 241 g/mol. The minimum Gasteiger partial charge on any atom is -0.316 e. The maximum atomic E-state index is 13.3. The van der Waals surface area contributed by atoms with E-state index in [1.807, 2.05) is 0 Å². The minimum atomic E-state index is -0.430. The van der Waals surface area contributed by atoms with Crippen molar-refractivity contribution in [1.29, 1.82) is 0 Å². The van der Waals surface area contributed by atoms with Crippen molar-refractivity contribution < 1.29 is 8.78 Å². The van der Waals surface area contributed by atoms with E-state index in [2.05, 4.69) is 19.2 Å². The molecule has 0 spiro atoms. The van der Waals surface area contributed by atoms with E-state index >= 15 is 0 Å². The van der Waals surface area contributed by atoms with Crippen LogP contribution in [0.1, 0.15) is 32.3 Å². The summed E-state index contributed by atoms with van der Waals surface area (Å²) in [5, 5.41) is 3.31. The van der Waals surface area contributed by atoms with Gasteiger partial charge in [0.2, 0.25) is 0 Å². The average Bonchev–Trinajstić information content (AvgIpc) is 2.26. The molecule has 0 amide bonds. The lowest BCUT2D eigenvalue weighted by Crippen LogP contribution is -2.20. The smallest absolute Gasteiger partial charge is 0.129 e. The predicted octanol–water partition coefficient (Wildman–Crippen LogP) is 3.53. The fourth-order valence-electron chi connectivity index (χ4n) is 1.71. The quantitative estimate of drug-likeness (QED) is 0.720. The summed E-state index contributed by atoms with van der Waals surface area (Å²) < 4.78 is 26.6. The lowest BCUT2D eigenvalue weighted by Gasteiger charge is -2.07. The first kappa shape index (κ1) is 14.1. The van der Waals surface area contributed by atoms with Crippen molar-refractivity contribution in [1.82, 2.24) is 5.32 Å². The highest BCUT2D eigenvalue weighted by Gasteiger charge is 2.07. The Balaban J connectivity index is 2.22. The van der Waals surface area contributed by atoms with Crippen LogP contribution in [0.2, 0.25) is 0 Å². The highest BCUT2D eigenvalue weighted by atomic mass is 19.1. The number of benzene rings is 1. The summed E-state index contributed by atoms with van der Waals surface area (Å²) in [5.41, 5.74) is 0.219. The van der Waals surface area contributed by atoms with Crippen LogP contribution in [0.4, 0.5) is 8.78 Å². The fourth-order valence-corrected chi connectivity index (χ4v) is 1.71. The van der Waals surface area contributed by atoms with Gasteiger partial charge in [0.1, 0.15) is 11.6 Å². The van der Waals surface area contributed by atoms with Gasteiger partial charge in [-0.25, -0.2) is 8.78 Å². The first-order valence-corrected chi connectivity index (χ1v) is 6.25. The van der Waals surface area contributed by atoms with Crippen LogP contribution in [0.25, 0.3) is 0 Å². The summed E-state index contributed by atoms with van der Waals surface area (Å²) in [6.07, 6.45) is 2.23. The largest absolute Gasteiger partial charge is 0.316 e. The zero-order chi connectivity index (χ0) is 12.7. The van der Waals surface area contributed by atoms with Crippen LogP contribution in [-0.2, 0) is 6.42 Å². The van der Waals surface area contributed by atoms with Crippen molar-refractivity contribution in [3.05, 3.63) is 35.4 Å². The molecule has 0 heterocycles. The Bertz CT molecular complexity index is 317. The molecule has 0 radical (unpaired) electrons. The predicted molar refractivity (Wildman–Crippen MR) is 67.0 cm³/mol. The van der Waals surface area contributed by atoms with Gasteiger partial charge in [0.05, 0.1) is 0 Å². The van der Waals surface area contributed by atoms with E-state index in [1.165, 1.54) is 18.2 Å². The van der Waals surface area contributed by atoms with E-state index in [-0.39, 0.29) is 5.56 Å². The third-order valence-electron chi connectivity index (χ3n) is 2.64. The molecule has 1 nitrogen and oxygen atoms in total. The van der Waals surface area contributed by atoms with Crippen LogP contribution in [-0.4, -0.2) is 13.1 Å². The molecule has 1 aromatic rings. The van der Waals surface area contributed by atoms with Crippen molar-refractivity contribution in [2.24, 2.45) is 5.92 Å². The molecule has 96 valence electrons. The van der Waals surface area contributed by atoms with Crippen molar-refractivity contribution in [2.45, 2.75) is 33.1 Å². The molecule has 0 saturated heterocycles. The van der Waals surface area contributed by atoms with E-state index in [0.29, 0.717) is 12.3 Å². The van der Waals surface area contributed by atoms with Crippen LogP contribution < -0.4 is 5.32 Å². The zero-order valence-electron chi connectivity index (χ0n) is 10.6. The Kier molecular flexibility index (Phi) is 6.12. The van der Waals surface area contributed by atoms with Gasteiger partial charge >= 0.3 is 0 Å². The molecule has 0 bridgehead atoms. The van der Waals surface area contributed by atoms with E-state index in [1.54, 1.807) is 0 Å². The van der Waals surface area contributed by atoms with Crippen LogP contribution >= 0.6 is 0 Å². The van der Waals surface area contributed by atoms with Gasteiger partial charge in [-0.05, 0) is 50.4 Å². The number of rotatable bonds is 7. The lowest BCUT2D eigenvalue weighted by molar-refractivity contribution is 0.521. The van der Waals surface area contributed by atoms with Crippen LogP contribution in [0, 0.1) is 17.6 Å². The Labute approximate surface area is 102 Å².